The third-order valence-corrected chi connectivity index (χ3v) is 4.94. The minimum absolute atomic E-state index is 0.0000897. The molecule has 2 atom stereocenters. The molecule has 1 amide bonds. The Morgan fingerprint density at radius 2 is 2.40 bits per heavy atom. The molecule has 0 aliphatic carbocycles. The second-order valence-corrected chi connectivity index (χ2v) is 6.83. The van der Waals surface area contributed by atoms with Gasteiger partial charge in [0.2, 0.25) is 11.8 Å². The average Bonchev–Trinajstić information content (AvgIpc) is 3.02. The summed E-state index contributed by atoms with van der Waals surface area (Å²) in [5.74, 6) is 0.535. The fraction of sp³-hybridized carbons (Fsp3) is 0.667. The van der Waals surface area contributed by atoms with Crippen LogP contribution in [-0.2, 0) is 20.8 Å². The van der Waals surface area contributed by atoms with Gasteiger partial charge in [-0.1, -0.05) is 6.07 Å². The van der Waals surface area contributed by atoms with Crippen LogP contribution in [0, 0.1) is 0 Å². The Labute approximate surface area is 148 Å². The molecule has 3 rings (SSSR count). The van der Waals surface area contributed by atoms with Crippen molar-refractivity contribution < 1.29 is 19.0 Å². The van der Waals surface area contributed by atoms with Crippen LogP contribution in [0.15, 0.2) is 18.3 Å². The van der Waals surface area contributed by atoms with Crippen LogP contribution in [0.3, 0.4) is 0 Å². The Hall–Kier alpha value is -1.70. The predicted octanol–water partition coefficient (Wildman–Crippen LogP) is 0.976. The van der Waals surface area contributed by atoms with E-state index in [9.17, 15) is 4.79 Å². The molecule has 2 unspecified atom stereocenters. The average molecular weight is 349 g/mol. The summed E-state index contributed by atoms with van der Waals surface area (Å²) in [6, 6.07) is 3.95. The van der Waals surface area contributed by atoms with E-state index in [1.165, 1.54) is 5.56 Å². The third kappa shape index (κ3) is 4.68. The summed E-state index contributed by atoms with van der Waals surface area (Å²) < 4.78 is 16.9. The summed E-state index contributed by atoms with van der Waals surface area (Å²) in [6.07, 6.45) is 4.86. The maximum Gasteiger partial charge on any atom is 0.245 e. The first-order chi connectivity index (χ1) is 12.1. The second-order valence-electron chi connectivity index (χ2n) is 6.83. The van der Waals surface area contributed by atoms with Crippen molar-refractivity contribution in [3.05, 3.63) is 23.9 Å². The number of pyridine rings is 1. The minimum atomic E-state index is -0.147. The highest BCUT2D eigenvalue weighted by Gasteiger charge is 2.43. The van der Waals surface area contributed by atoms with Crippen molar-refractivity contribution in [3.8, 4) is 5.88 Å². The van der Waals surface area contributed by atoms with Gasteiger partial charge in [-0.3, -0.25) is 9.69 Å². The number of rotatable bonds is 6. The van der Waals surface area contributed by atoms with Crippen molar-refractivity contribution in [2.24, 2.45) is 0 Å². The number of ether oxygens (including phenoxy) is 3. The van der Waals surface area contributed by atoms with Gasteiger partial charge in [-0.25, -0.2) is 4.98 Å². The molecule has 7 nitrogen and oxygen atoms in total. The molecule has 0 aromatic carbocycles. The Balaban J connectivity index is 1.53. The van der Waals surface area contributed by atoms with E-state index in [4.69, 9.17) is 14.2 Å². The first-order valence-electron chi connectivity index (χ1n) is 8.80. The third-order valence-electron chi connectivity index (χ3n) is 4.94. The maximum atomic E-state index is 11.3. The number of likely N-dealkylation sites (N-methyl/N-ethyl adjacent to an activating group) is 1. The van der Waals surface area contributed by atoms with Crippen LogP contribution in [0.1, 0.15) is 24.8 Å². The van der Waals surface area contributed by atoms with Crippen molar-refractivity contribution in [1.82, 2.24) is 15.2 Å². The van der Waals surface area contributed by atoms with Crippen LogP contribution in [0.4, 0.5) is 0 Å². The van der Waals surface area contributed by atoms with Gasteiger partial charge in [0.05, 0.1) is 25.4 Å². The fourth-order valence-electron chi connectivity index (χ4n) is 3.67. The molecule has 2 saturated heterocycles. The zero-order valence-electron chi connectivity index (χ0n) is 15.0. The molecular formula is C18H27N3O4. The zero-order valence-corrected chi connectivity index (χ0v) is 15.0. The van der Waals surface area contributed by atoms with Gasteiger partial charge in [0.25, 0.3) is 0 Å². The fourth-order valence-corrected chi connectivity index (χ4v) is 3.67. The molecule has 0 saturated carbocycles. The number of aromatic nitrogens is 1. The molecule has 2 aliphatic heterocycles. The van der Waals surface area contributed by atoms with Crippen molar-refractivity contribution in [1.29, 1.82) is 0 Å². The lowest BCUT2D eigenvalue weighted by Crippen LogP contribution is -2.47. The molecule has 0 bridgehead atoms. The van der Waals surface area contributed by atoms with E-state index < -0.39 is 0 Å². The van der Waals surface area contributed by atoms with E-state index in [1.54, 1.807) is 14.2 Å². The molecule has 3 heterocycles. The standard InChI is InChI=1S/C18H27N3O4/c1-19-16(22)12-24-15-8-18(25-11-15)6-3-7-21(13-18)10-14-4-5-17(23-2)20-9-14/h4-5,9,15H,3,6-8,10-13H2,1-2H3,(H,19,22). The SMILES string of the molecule is CNC(=O)COC1COC2(CCCN(Cc3ccc(OC)nc3)C2)C1. The lowest BCUT2D eigenvalue weighted by atomic mass is 9.89. The number of nitrogens with one attached hydrogen (secondary N) is 1. The second kappa shape index (κ2) is 8.12. The Bertz CT molecular complexity index is 580. The normalized spacial score (nSPS) is 26.7. The number of carbonyl (C=O) groups is 1. The van der Waals surface area contributed by atoms with Gasteiger partial charge in [0.15, 0.2) is 0 Å². The highest BCUT2D eigenvalue weighted by Crippen LogP contribution is 2.36. The summed E-state index contributed by atoms with van der Waals surface area (Å²) in [5, 5.41) is 2.57. The lowest BCUT2D eigenvalue weighted by Gasteiger charge is -2.39. The van der Waals surface area contributed by atoms with Crippen molar-refractivity contribution in [2.45, 2.75) is 37.5 Å². The molecule has 138 valence electrons. The number of piperidine rings is 1. The molecule has 2 fully saturated rings. The van der Waals surface area contributed by atoms with Gasteiger partial charge in [-0.15, -0.1) is 0 Å². The van der Waals surface area contributed by atoms with E-state index in [0.717, 1.165) is 38.9 Å². The van der Waals surface area contributed by atoms with Gasteiger partial charge in [0.1, 0.15) is 6.61 Å². The van der Waals surface area contributed by atoms with Crippen molar-refractivity contribution >= 4 is 5.91 Å². The van der Waals surface area contributed by atoms with E-state index in [1.807, 2.05) is 12.3 Å². The number of amides is 1. The molecule has 0 radical (unpaired) electrons. The molecule has 7 heteroatoms. The first kappa shape index (κ1) is 18.1. The van der Waals surface area contributed by atoms with Crippen LogP contribution in [-0.4, -0.2) is 68.0 Å². The first-order valence-corrected chi connectivity index (χ1v) is 8.80. The van der Waals surface area contributed by atoms with E-state index in [0.29, 0.717) is 12.5 Å². The minimum Gasteiger partial charge on any atom is -0.481 e. The summed E-state index contributed by atoms with van der Waals surface area (Å²) in [6.45, 7) is 3.46. The topological polar surface area (TPSA) is 72.9 Å². The monoisotopic (exact) mass is 349 g/mol. The summed E-state index contributed by atoms with van der Waals surface area (Å²) in [5.41, 5.74) is 1.02. The van der Waals surface area contributed by atoms with Gasteiger partial charge >= 0.3 is 0 Å². The summed E-state index contributed by atoms with van der Waals surface area (Å²) >= 11 is 0. The smallest absolute Gasteiger partial charge is 0.245 e. The maximum absolute atomic E-state index is 11.3. The van der Waals surface area contributed by atoms with Crippen LogP contribution >= 0.6 is 0 Å². The largest absolute Gasteiger partial charge is 0.481 e. The number of methoxy groups -OCH3 is 1. The van der Waals surface area contributed by atoms with Crippen molar-refractivity contribution in [2.75, 3.05) is 40.5 Å². The number of likely N-dealkylation sites (tertiary alicyclic amines) is 1. The Morgan fingerprint density at radius 1 is 1.52 bits per heavy atom. The van der Waals surface area contributed by atoms with Gasteiger partial charge in [-0.2, -0.15) is 0 Å². The van der Waals surface area contributed by atoms with Crippen LogP contribution in [0.2, 0.25) is 0 Å². The highest BCUT2D eigenvalue weighted by atomic mass is 16.6. The summed E-state index contributed by atoms with van der Waals surface area (Å²) in [7, 11) is 3.24. The Kier molecular flexibility index (Phi) is 5.88. The molecular weight excluding hydrogens is 322 g/mol. The number of carbonyl (C=O) groups excluding carboxylic acids is 1. The van der Waals surface area contributed by atoms with Crippen LogP contribution in [0.5, 0.6) is 5.88 Å². The van der Waals surface area contributed by atoms with Gasteiger partial charge in [-0.05, 0) is 24.9 Å². The van der Waals surface area contributed by atoms with Gasteiger partial charge in [0, 0.05) is 38.8 Å². The van der Waals surface area contributed by atoms with E-state index in [-0.39, 0.29) is 24.2 Å². The van der Waals surface area contributed by atoms with Crippen LogP contribution in [0.25, 0.3) is 0 Å². The van der Waals surface area contributed by atoms with E-state index >= 15 is 0 Å². The number of hydrogen-bond acceptors (Lipinski definition) is 6. The van der Waals surface area contributed by atoms with Gasteiger partial charge < -0.3 is 19.5 Å². The number of nitrogens with zero attached hydrogens (tertiary/aromatic N) is 2. The van der Waals surface area contributed by atoms with Crippen LogP contribution < -0.4 is 10.1 Å². The Morgan fingerprint density at radius 3 is 3.12 bits per heavy atom. The summed E-state index contributed by atoms with van der Waals surface area (Å²) in [4.78, 5) is 18.0. The van der Waals surface area contributed by atoms with Crippen molar-refractivity contribution in [3.63, 3.8) is 0 Å². The van der Waals surface area contributed by atoms with E-state index in [2.05, 4.69) is 21.3 Å². The predicted molar refractivity (Wildman–Crippen MR) is 92.4 cm³/mol. The molecule has 1 aromatic heterocycles. The zero-order chi connectivity index (χ0) is 17.7. The number of hydrogen-bond donors (Lipinski definition) is 1. The lowest BCUT2D eigenvalue weighted by molar-refractivity contribution is -0.127. The molecule has 1 spiro atoms. The highest BCUT2D eigenvalue weighted by molar-refractivity contribution is 5.76. The molecule has 1 aromatic rings. The molecule has 2 aliphatic rings. The molecule has 1 N–H and O–H groups in total. The quantitative estimate of drug-likeness (QED) is 0.825. The molecule has 25 heavy (non-hydrogen) atoms.